The van der Waals surface area contributed by atoms with Crippen LogP contribution in [0.2, 0.25) is 0 Å². The number of benzene rings is 2. The Morgan fingerprint density at radius 2 is 1.96 bits per heavy atom. The van der Waals surface area contributed by atoms with Crippen LogP contribution in [0.5, 0.6) is 11.5 Å². The Hall–Kier alpha value is -3.15. The maximum atomic E-state index is 13.3. The van der Waals surface area contributed by atoms with E-state index in [0.717, 1.165) is 0 Å². The third-order valence-corrected chi connectivity index (χ3v) is 3.56. The predicted molar refractivity (Wildman–Crippen MR) is 97.1 cm³/mol. The van der Waals surface area contributed by atoms with Crippen LogP contribution in [-0.2, 0) is 9.53 Å². The van der Waals surface area contributed by atoms with Gasteiger partial charge in [-0.15, -0.1) is 0 Å². The minimum atomic E-state index is -0.593. The maximum Gasteiger partial charge on any atom is 0.344 e. The van der Waals surface area contributed by atoms with Crippen molar-refractivity contribution in [1.29, 1.82) is 0 Å². The van der Waals surface area contributed by atoms with Crippen molar-refractivity contribution in [3.05, 3.63) is 65.2 Å². The zero-order chi connectivity index (χ0) is 19.6. The maximum absolute atomic E-state index is 13.3. The molecule has 2 aromatic carbocycles. The smallest absolute Gasteiger partial charge is 0.344 e. The van der Waals surface area contributed by atoms with Crippen LogP contribution in [0.1, 0.15) is 36.7 Å². The number of hydrogen-bond acceptors (Lipinski definition) is 5. The molecule has 1 heterocycles. The van der Waals surface area contributed by atoms with E-state index in [2.05, 4.69) is 0 Å². The number of halogens is 1. The monoisotopic (exact) mass is 370 g/mol. The Morgan fingerprint density at radius 1 is 1.19 bits per heavy atom. The molecule has 0 aliphatic carbocycles. The van der Waals surface area contributed by atoms with E-state index in [9.17, 15) is 14.0 Å². The zero-order valence-electron chi connectivity index (χ0n) is 15.2. The molecule has 2 aromatic rings. The number of allylic oxidation sites excluding steroid dienone is 1. The van der Waals surface area contributed by atoms with E-state index in [-0.39, 0.29) is 18.1 Å². The lowest BCUT2D eigenvalue weighted by Gasteiger charge is -2.19. The summed E-state index contributed by atoms with van der Waals surface area (Å²) in [6.07, 6.45) is 1.48. The number of ketones is 1. The molecule has 1 aliphatic rings. The molecule has 0 fully saturated rings. The predicted octanol–water partition coefficient (Wildman–Crippen LogP) is 4.16. The van der Waals surface area contributed by atoms with Crippen molar-refractivity contribution in [3.8, 4) is 11.5 Å². The van der Waals surface area contributed by atoms with Gasteiger partial charge < -0.3 is 14.2 Å². The van der Waals surface area contributed by atoms with Crippen molar-refractivity contribution in [3.63, 3.8) is 0 Å². The second-order valence-electron chi connectivity index (χ2n) is 7.03. The fourth-order valence-electron chi connectivity index (χ4n) is 2.52. The van der Waals surface area contributed by atoms with Crippen LogP contribution in [0.3, 0.4) is 0 Å². The Balaban J connectivity index is 1.71. The number of fused-ring (bicyclic) bond motifs is 1. The van der Waals surface area contributed by atoms with Crippen LogP contribution in [0.25, 0.3) is 6.08 Å². The van der Waals surface area contributed by atoms with Gasteiger partial charge in [0.2, 0.25) is 5.78 Å². The third kappa shape index (κ3) is 4.73. The molecule has 0 spiro atoms. The first kappa shape index (κ1) is 18.6. The minimum absolute atomic E-state index is 0.0971. The number of carbonyl (C=O) groups is 2. The molecule has 0 bridgehead atoms. The van der Waals surface area contributed by atoms with Gasteiger partial charge in [-0.1, -0.05) is 12.1 Å². The van der Waals surface area contributed by atoms with Crippen molar-refractivity contribution in [2.45, 2.75) is 26.4 Å². The number of carbonyl (C=O) groups excluding carboxylic acids is 2. The lowest BCUT2D eigenvalue weighted by molar-refractivity contribution is -0.157. The first-order valence-corrected chi connectivity index (χ1v) is 8.40. The van der Waals surface area contributed by atoms with Gasteiger partial charge >= 0.3 is 5.97 Å². The number of hydrogen-bond donors (Lipinski definition) is 0. The van der Waals surface area contributed by atoms with Crippen LogP contribution in [0, 0.1) is 5.82 Å². The van der Waals surface area contributed by atoms with Crippen molar-refractivity contribution < 1.29 is 28.2 Å². The highest BCUT2D eigenvalue weighted by molar-refractivity contribution is 6.14. The van der Waals surface area contributed by atoms with Crippen molar-refractivity contribution in [2.24, 2.45) is 0 Å². The van der Waals surface area contributed by atoms with E-state index < -0.39 is 17.4 Å². The van der Waals surface area contributed by atoms with Gasteiger partial charge in [-0.3, -0.25) is 4.79 Å². The average Bonchev–Trinajstić information content (AvgIpc) is 2.87. The van der Waals surface area contributed by atoms with E-state index >= 15 is 0 Å². The lowest BCUT2D eigenvalue weighted by atomic mass is 10.1. The third-order valence-electron chi connectivity index (χ3n) is 3.56. The summed E-state index contributed by atoms with van der Waals surface area (Å²) in [6, 6.07) is 10.5. The van der Waals surface area contributed by atoms with Gasteiger partial charge in [0.05, 0.1) is 5.56 Å². The molecule has 5 nitrogen and oxygen atoms in total. The molecule has 3 rings (SSSR count). The van der Waals surface area contributed by atoms with E-state index in [1.54, 1.807) is 45.0 Å². The molecule has 1 aliphatic heterocycles. The van der Waals surface area contributed by atoms with Gasteiger partial charge in [0.25, 0.3) is 0 Å². The van der Waals surface area contributed by atoms with Gasteiger partial charge in [0, 0.05) is 6.07 Å². The van der Waals surface area contributed by atoms with Crippen molar-refractivity contribution >= 4 is 17.8 Å². The molecule has 0 amide bonds. The van der Waals surface area contributed by atoms with Crippen molar-refractivity contribution in [2.75, 3.05) is 6.61 Å². The van der Waals surface area contributed by atoms with Gasteiger partial charge in [-0.25, -0.2) is 9.18 Å². The van der Waals surface area contributed by atoms with E-state index in [1.165, 1.54) is 24.3 Å². The Bertz CT molecular complexity index is 924. The number of Topliss-reactive ketones (excluding diaryl/α,β-unsaturated/α-hetero) is 1. The van der Waals surface area contributed by atoms with Crippen LogP contribution < -0.4 is 9.47 Å². The minimum Gasteiger partial charge on any atom is -0.482 e. The average molecular weight is 370 g/mol. The number of ether oxygens (including phenoxy) is 3. The highest BCUT2D eigenvalue weighted by Crippen LogP contribution is 2.35. The van der Waals surface area contributed by atoms with Crippen LogP contribution in [-0.4, -0.2) is 24.0 Å². The van der Waals surface area contributed by atoms with Crippen LogP contribution in [0.15, 0.2) is 48.2 Å². The first-order valence-electron chi connectivity index (χ1n) is 8.40. The molecular weight excluding hydrogens is 351 g/mol. The highest BCUT2D eigenvalue weighted by Gasteiger charge is 2.28. The van der Waals surface area contributed by atoms with Gasteiger partial charge in [-0.2, -0.15) is 0 Å². The quantitative estimate of drug-likeness (QED) is 0.597. The summed E-state index contributed by atoms with van der Waals surface area (Å²) in [4.78, 5) is 24.1. The summed E-state index contributed by atoms with van der Waals surface area (Å²) in [6.45, 7) is 5.06. The molecule has 0 N–H and O–H groups in total. The molecule has 6 heteroatoms. The molecule has 0 unspecified atom stereocenters. The van der Waals surface area contributed by atoms with Gasteiger partial charge in [-0.05, 0) is 56.7 Å². The second-order valence-corrected chi connectivity index (χ2v) is 7.03. The number of esters is 1. The number of rotatable bonds is 4. The fourth-order valence-corrected chi connectivity index (χ4v) is 2.52. The summed E-state index contributed by atoms with van der Waals surface area (Å²) < 4.78 is 29.5. The summed E-state index contributed by atoms with van der Waals surface area (Å²) >= 11 is 0. The van der Waals surface area contributed by atoms with E-state index in [4.69, 9.17) is 14.2 Å². The van der Waals surface area contributed by atoms with E-state index in [0.29, 0.717) is 22.6 Å². The SMILES string of the molecule is CC(C)(C)OC(=O)COc1ccc2c(c1)OC(=Cc1cccc(F)c1)C2=O. The van der Waals surface area contributed by atoms with Gasteiger partial charge in [0.1, 0.15) is 22.9 Å². The summed E-state index contributed by atoms with van der Waals surface area (Å²) in [7, 11) is 0. The molecular formula is C21H19FO5. The molecule has 27 heavy (non-hydrogen) atoms. The molecule has 0 atom stereocenters. The highest BCUT2D eigenvalue weighted by atomic mass is 19.1. The summed E-state index contributed by atoms with van der Waals surface area (Å²) in [5, 5.41) is 0. The second kappa shape index (κ2) is 7.23. The Morgan fingerprint density at radius 3 is 2.67 bits per heavy atom. The molecule has 0 saturated heterocycles. The molecule has 140 valence electrons. The van der Waals surface area contributed by atoms with Crippen LogP contribution >= 0.6 is 0 Å². The van der Waals surface area contributed by atoms with Gasteiger partial charge in [0.15, 0.2) is 12.4 Å². The largest absolute Gasteiger partial charge is 0.482 e. The first-order chi connectivity index (χ1) is 12.7. The Kier molecular flexibility index (Phi) is 4.99. The molecule has 0 saturated carbocycles. The Labute approximate surface area is 156 Å². The van der Waals surface area contributed by atoms with Crippen molar-refractivity contribution in [1.82, 2.24) is 0 Å². The molecule has 0 aromatic heterocycles. The standard InChI is InChI=1S/C21H19FO5/c1-21(2,3)27-19(23)12-25-15-7-8-16-17(11-15)26-18(20(16)24)10-13-5-4-6-14(22)9-13/h4-11H,12H2,1-3H3. The lowest BCUT2D eigenvalue weighted by Crippen LogP contribution is -2.27. The fraction of sp³-hybridized carbons (Fsp3) is 0.238. The zero-order valence-corrected chi connectivity index (χ0v) is 15.2. The summed E-state index contributed by atoms with van der Waals surface area (Å²) in [5.41, 5.74) is 0.305. The topological polar surface area (TPSA) is 61.8 Å². The van der Waals surface area contributed by atoms with Crippen LogP contribution in [0.4, 0.5) is 4.39 Å². The summed E-state index contributed by atoms with van der Waals surface area (Å²) in [5.74, 6) is -0.395. The van der Waals surface area contributed by atoms with E-state index in [1.807, 2.05) is 0 Å². The normalized spacial score (nSPS) is 14.7. The molecule has 0 radical (unpaired) electrons.